The standard InChI is InChI=1S/C16H28N4O3S3.HI/c1-3-17-15(19-13-16(2,21)14-5-4-9-25-14)18-6-12-26(22,23)20-7-10-24-11-8-20;/h4-5,9,21H,3,6-8,10-13H2,1-2H3,(H2,17,18,19);1H. The zero-order valence-corrected chi connectivity index (χ0v) is 20.5. The lowest BCUT2D eigenvalue weighted by atomic mass is 10.1. The second-order valence-corrected chi connectivity index (χ2v) is 10.5. The molecule has 0 spiro atoms. The number of nitrogens with one attached hydrogen (secondary N) is 2. The van der Waals surface area contributed by atoms with Crippen LogP contribution in [0.5, 0.6) is 0 Å². The lowest BCUT2D eigenvalue weighted by Crippen LogP contribution is -2.44. The molecular formula is C16H29IN4O3S3. The van der Waals surface area contributed by atoms with Gasteiger partial charge in [-0.05, 0) is 25.3 Å². The first-order valence-corrected chi connectivity index (χ1v) is 12.3. The van der Waals surface area contributed by atoms with Crippen LogP contribution in [0.25, 0.3) is 0 Å². The van der Waals surface area contributed by atoms with E-state index in [4.69, 9.17) is 0 Å². The van der Waals surface area contributed by atoms with Gasteiger partial charge < -0.3 is 15.7 Å². The summed E-state index contributed by atoms with van der Waals surface area (Å²) < 4.78 is 26.3. The van der Waals surface area contributed by atoms with Crippen molar-refractivity contribution in [3.63, 3.8) is 0 Å². The van der Waals surface area contributed by atoms with Crippen molar-refractivity contribution < 1.29 is 13.5 Å². The highest BCUT2D eigenvalue weighted by Crippen LogP contribution is 2.25. The van der Waals surface area contributed by atoms with Crippen molar-refractivity contribution in [2.75, 3.05) is 50.0 Å². The highest BCUT2D eigenvalue weighted by molar-refractivity contribution is 14.0. The minimum absolute atomic E-state index is 0. The molecule has 27 heavy (non-hydrogen) atoms. The maximum Gasteiger partial charge on any atom is 0.215 e. The SMILES string of the molecule is CCNC(=NCC(C)(O)c1cccs1)NCCS(=O)(=O)N1CCSCC1.I. The molecule has 0 radical (unpaired) electrons. The molecule has 1 atom stereocenters. The molecule has 0 aromatic carbocycles. The molecule has 0 saturated carbocycles. The fraction of sp³-hybridized carbons (Fsp3) is 0.688. The summed E-state index contributed by atoms with van der Waals surface area (Å²) in [5.41, 5.74) is -1.05. The van der Waals surface area contributed by atoms with E-state index in [1.54, 1.807) is 23.0 Å². The fourth-order valence-electron chi connectivity index (χ4n) is 2.49. The molecule has 3 N–H and O–H groups in total. The van der Waals surface area contributed by atoms with Crippen molar-refractivity contribution in [3.8, 4) is 0 Å². The molecule has 1 unspecified atom stereocenters. The Morgan fingerprint density at radius 1 is 1.37 bits per heavy atom. The molecule has 0 amide bonds. The summed E-state index contributed by atoms with van der Waals surface area (Å²) in [6.45, 7) is 5.97. The number of guanidine groups is 1. The minimum Gasteiger partial charge on any atom is -0.383 e. The Morgan fingerprint density at radius 2 is 2.07 bits per heavy atom. The van der Waals surface area contributed by atoms with E-state index < -0.39 is 15.6 Å². The summed E-state index contributed by atoms with van der Waals surface area (Å²) in [5.74, 6) is 2.25. The molecule has 1 aromatic heterocycles. The highest BCUT2D eigenvalue weighted by Gasteiger charge is 2.25. The first kappa shape index (κ1) is 25.0. The molecule has 0 bridgehead atoms. The second-order valence-electron chi connectivity index (χ2n) is 6.20. The molecule has 1 fully saturated rings. The second kappa shape index (κ2) is 11.8. The quantitative estimate of drug-likeness (QED) is 0.259. The smallest absolute Gasteiger partial charge is 0.215 e. The Labute approximate surface area is 187 Å². The van der Waals surface area contributed by atoms with Crippen LogP contribution in [0.3, 0.4) is 0 Å². The van der Waals surface area contributed by atoms with Crippen LogP contribution in [-0.4, -0.2) is 73.8 Å². The van der Waals surface area contributed by atoms with Gasteiger partial charge in [-0.15, -0.1) is 35.3 Å². The number of nitrogens with zero attached hydrogens (tertiary/aromatic N) is 2. The van der Waals surface area contributed by atoms with E-state index >= 15 is 0 Å². The Balaban J connectivity index is 0.00000364. The summed E-state index contributed by atoms with van der Waals surface area (Å²) in [4.78, 5) is 5.26. The number of hydrogen-bond donors (Lipinski definition) is 3. The van der Waals surface area contributed by atoms with Gasteiger partial charge in [0.2, 0.25) is 10.0 Å². The summed E-state index contributed by atoms with van der Waals surface area (Å²) in [6, 6.07) is 3.77. The molecule has 2 heterocycles. The Hall–Kier alpha value is -0.0800. The molecular weight excluding hydrogens is 519 g/mol. The Kier molecular flexibility index (Phi) is 10.9. The summed E-state index contributed by atoms with van der Waals surface area (Å²) >= 11 is 3.27. The van der Waals surface area contributed by atoms with Gasteiger partial charge in [0.25, 0.3) is 0 Å². The van der Waals surface area contributed by atoms with E-state index in [0.717, 1.165) is 16.4 Å². The largest absolute Gasteiger partial charge is 0.383 e. The minimum atomic E-state index is -3.25. The van der Waals surface area contributed by atoms with Crippen LogP contribution in [0.2, 0.25) is 0 Å². The lowest BCUT2D eigenvalue weighted by Gasteiger charge is -2.25. The number of aliphatic imine (C=N–C) groups is 1. The average molecular weight is 549 g/mol. The van der Waals surface area contributed by atoms with Crippen LogP contribution in [0, 0.1) is 0 Å². The van der Waals surface area contributed by atoms with Crippen molar-refractivity contribution in [3.05, 3.63) is 22.4 Å². The number of sulfonamides is 1. The predicted octanol–water partition coefficient (Wildman–Crippen LogP) is 1.51. The van der Waals surface area contributed by atoms with Crippen molar-refractivity contribution in [1.82, 2.24) is 14.9 Å². The van der Waals surface area contributed by atoms with Crippen molar-refractivity contribution >= 4 is 63.1 Å². The molecule has 156 valence electrons. The maximum atomic E-state index is 12.4. The van der Waals surface area contributed by atoms with E-state index in [9.17, 15) is 13.5 Å². The topological polar surface area (TPSA) is 94.0 Å². The zero-order valence-electron chi connectivity index (χ0n) is 15.7. The number of aliphatic hydroxyl groups is 1. The molecule has 1 aliphatic heterocycles. The first-order chi connectivity index (χ1) is 12.3. The van der Waals surface area contributed by atoms with Crippen LogP contribution < -0.4 is 10.6 Å². The maximum absolute atomic E-state index is 12.4. The van der Waals surface area contributed by atoms with Crippen molar-refractivity contribution in [1.29, 1.82) is 0 Å². The number of halogens is 1. The van der Waals surface area contributed by atoms with Gasteiger partial charge in [0.1, 0.15) is 5.60 Å². The lowest BCUT2D eigenvalue weighted by molar-refractivity contribution is 0.0711. The number of thiophene rings is 1. The van der Waals surface area contributed by atoms with Gasteiger partial charge in [-0.2, -0.15) is 11.8 Å². The monoisotopic (exact) mass is 548 g/mol. The van der Waals surface area contributed by atoms with Gasteiger partial charge in [0, 0.05) is 42.6 Å². The highest BCUT2D eigenvalue weighted by atomic mass is 127. The van der Waals surface area contributed by atoms with Gasteiger partial charge in [-0.1, -0.05) is 6.07 Å². The normalized spacial score (nSPS) is 18.4. The molecule has 1 saturated heterocycles. The van der Waals surface area contributed by atoms with E-state index in [1.807, 2.05) is 24.4 Å². The Morgan fingerprint density at radius 3 is 2.67 bits per heavy atom. The van der Waals surface area contributed by atoms with Crippen molar-refractivity contribution in [2.24, 2.45) is 4.99 Å². The third-order valence-corrected chi connectivity index (χ3v) is 7.89. The van der Waals surface area contributed by atoms with E-state index in [2.05, 4.69) is 15.6 Å². The van der Waals surface area contributed by atoms with E-state index in [1.165, 1.54) is 11.3 Å². The van der Waals surface area contributed by atoms with Crippen LogP contribution in [0.15, 0.2) is 22.5 Å². The molecule has 0 aliphatic carbocycles. The number of hydrogen-bond acceptors (Lipinski definition) is 6. The predicted molar refractivity (Wildman–Crippen MR) is 126 cm³/mol. The summed E-state index contributed by atoms with van der Waals surface area (Å²) in [5, 5.41) is 18.6. The zero-order chi connectivity index (χ0) is 19.0. The Bertz CT molecular complexity index is 675. The van der Waals surface area contributed by atoms with Crippen LogP contribution in [-0.2, 0) is 15.6 Å². The molecule has 1 aromatic rings. The number of thioether (sulfide) groups is 1. The van der Waals surface area contributed by atoms with Gasteiger partial charge in [0.05, 0.1) is 12.3 Å². The van der Waals surface area contributed by atoms with Crippen LogP contribution in [0.1, 0.15) is 18.7 Å². The molecule has 2 rings (SSSR count). The van der Waals surface area contributed by atoms with E-state index in [-0.39, 0.29) is 42.8 Å². The van der Waals surface area contributed by atoms with Gasteiger partial charge in [-0.25, -0.2) is 17.7 Å². The van der Waals surface area contributed by atoms with Crippen molar-refractivity contribution in [2.45, 2.75) is 19.4 Å². The van der Waals surface area contributed by atoms with Gasteiger partial charge in [0.15, 0.2) is 5.96 Å². The summed E-state index contributed by atoms with van der Waals surface area (Å²) in [6.07, 6.45) is 0. The molecule has 11 heteroatoms. The average Bonchev–Trinajstić information content (AvgIpc) is 3.16. The first-order valence-electron chi connectivity index (χ1n) is 8.69. The number of rotatable bonds is 8. The molecule has 7 nitrogen and oxygen atoms in total. The third kappa shape index (κ3) is 8.05. The van der Waals surface area contributed by atoms with E-state index in [0.29, 0.717) is 25.6 Å². The molecule has 1 aliphatic rings. The fourth-order valence-corrected chi connectivity index (χ4v) is 5.76. The van der Waals surface area contributed by atoms with Crippen LogP contribution in [0.4, 0.5) is 0 Å². The van der Waals surface area contributed by atoms with Gasteiger partial charge in [-0.3, -0.25) is 0 Å². The third-order valence-electron chi connectivity index (χ3n) is 3.96. The summed E-state index contributed by atoms with van der Waals surface area (Å²) in [7, 11) is -3.25. The van der Waals surface area contributed by atoms with Gasteiger partial charge >= 0.3 is 0 Å². The van der Waals surface area contributed by atoms with Crippen LogP contribution >= 0.6 is 47.1 Å².